The summed E-state index contributed by atoms with van der Waals surface area (Å²) in [4.78, 5) is 50.4. The summed E-state index contributed by atoms with van der Waals surface area (Å²) < 4.78 is 5.13. The van der Waals surface area contributed by atoms with Gasteiger partial charge in [-0.25, -0.2) is 4.79 Å². The normalized spacial score (nSPS) is 10.4. The van der Waals surface area contributed by atoms with Gasteiger partial charge in [-0.2, -0.15) is 0 Å². The maximum absolute atomic E-state index is 12.6. The predicted octanol–water partition coefficient (Wildman–Crippen LogP) is 3.12. The molecule has 0 atom stereocenters. The van der Waals surface area contributed by atoms with Crippen LogP contribution in [0.4, 0.5) is 11.4 Å². The van der Waals surface area contributed by atoms with Gasteiger partial charge in [0.2, 0.25) is 17.6 Å². The van der Waals surface area contributed by atoms with E-state index in [4.69, 9.17) is 4.74 Å². The Hall–Kier alpha value is -3.94. The molecule has 1 heterocycles. The van der Waals surface area contributed by atoms with E-state index >= 15 is 0 Å². The van der Waals surface area contributed by atoms with Crippen molar-refractivity contribution >= 4 is 45.8 Å². The molecule has 8 nitrogen and oxygen atoms in total. The molecule has 29 heavy (non-hydrogen) atoms. The Morgan fingerprint density at radius 2 is 1.66 bits per heavy atom. The van der Waals surface area contributed by atoms with Gasteiger partial charge in [0.1, 0.15) is 5.69 Å². The van der Waals surface area contributed by atoms with Gasteiger partial charge in [0, 0.05) is 36.0 Å². The van der Waals surface area contributed by atoms with Crippen LogP contribution in [-0.2, 0) is 14.3 Å². The minimum atomic E-state index is -0.662. The summed E-state index contributed by atoms with van der Waals surface area (Å²) in [5.41, 5.74) is 1.83. The molecule has 0 unspecified atom stereocenters. The number of ether oxygens (including phenoxy) is 1. The number of Topliss-reactive ketones (excluding diaryl/α,β-unsaturated/α-hetero) is 1. The third-order valence-corrected chi connectivity index (χ3v) is 4.04. The maximum atomic E-state index is 12.6. The molecule has 0 saturated heterocycles. The minimum absolute atomic E-state index is 0.166. The second-order valence-electron chi connectivity index (χ2n) is 6.39. The molecule has 3 rings (SSSR count). The van der Waals surface area contributed by atoms with Gasteiger partial charge in [-0.15, -0.1) is 0 Å². The van der Waals surface area contributed by atoms with E-state index in [-0.39, 0.29) is 28.8 Å². The van der Waals surface area contributed by atoms with Crippen LogP contribution in [0.5, 0.6) is 0 Å². The van der Waals surface area contributed by atoms with Crippen molar-refractivity contribution in [1.29, 1.82) is 0 Å². The Morgan fingerprint density at radius 1 is 0.931 bits per heavy atom. The van der Waals surface area contributed by atoms with E-state index in [1.54, 1.807) is 6.07 Å². The molecule has 3 aromatic rings. The van der Waals surface area contributed by atoms with Crippen molar-refractivity contribution in [2.75, 3.05) is 17.2 Å². The average Bonchev–Trinajstić information content (AvgIpc) is 3.09. The number of nitrogens with one attached hydrogen (secondary N) is 3. The van der Waals surface area contributed by atoms with Gasteiger partial charge < -0.3 is 20.4 Å². The lowest BCUT2D eigenvalue weighted by Gasteiger charge is -2.12. The number of amides is 2. The highest BCUT2D eigenvalue weighted by Gasteiger charge is 2.17. The third kappa shape index (κ3) is 4.86. The molecule has 1 aromatic heterocycles. The molecule has 8 heteroatoms. The van der Waals surface area contributed by atoms with Gasteiger partial charge in [0.05, 0.1) is 5.69 Å². The SMILES string of the molecule is CC(=O)Nc1ccc(C(=O)COC(=O)c2cc3ccccc3[nH]2)c(NC(C)=O)c1. The molecule has 0 radical (unpaired) electrons. The molecule has 3 N–H and O–H groups in total. The van der Waals surface area contributed by atoms with Crippen molar-refractivity contribution in [2.24, 2.45) is 0 Å². The van der Waals surface area contributed by atoms with E-state index in [1.165, 1.54) is 32.0 Å². The van der Waals surface area contributed by atoms with Crippen molar-refractivity contribution in [3.05, 3.63) is 59.8 Å². The van der Waals surface area contributed by atoms with Crippen LogP contribution in [-0.4, -0.2) is 35.2 Å². The summed E-state index contributed by atoms with van der Waals surface area (Å²) in [6.07, 6.45) is 0. The number of ketones is 1. The number of rotatable bonds is 6. The van der Waals surface area contributed by atoms with Crippen molar-refractivity contribution in [3.8, 4) is 0 Å². The number of H-pyrrole nitrogens is 1. The number of para-hydroxylation sites is 1. The Balaban J connectivity index is 1.74. The molecule has 0 aliphatic carbocycles. The van der Waals surface area contributed by atoms with Crippen LogP contribution in [0.15, 0.2) is 48.5 Å². The highest BCUT2D eigenvalue weighted by atomic mass is 16.5. The maximum Gasteiger partial charge on any atom is 0.355 e. The monoisotopic (exact) mass is 393 g/mol. The van der Waals surface area contributed by atoms with Crippen molar-refractivity contribution in [2.45, 2.75) is 13.8 Å². The summed E-state index contributed by atoms with van der Waals surface area (Å²) in [7, 11) is 0. The Bertz CT molecular complexity index is 1080. The molecule has 0 bridgehead atoms. The molecule has 0 spiro atoms. The van der Waals surface area contributed by atoms with Crippen LogP contribution in [0.2, 0.25) is 0 Å². The first-order chi connectivity index (χ1) is 13.8. The van der Waals surface area contributed by atoms with Crippen LogP contribution in [0.1, 0.15) is 34.7 Å². The van der Waals surface area contributed by atoms with Crippen LogP contribution in [0, 0.1) is 0 Å². The highest BCUT2D eigenvalue weighted by Crippen LogP contribution is 2.22. The second-order valence-corrected chi connectivity index (χ2v) is 6.39. The predicted molar refractivity (Wildman–Crippen MR) is 108 cm³/mol. The molecular weight excluding hydrogens is 374 g/mol. The number of esters is 1. The third-order valence-electron chi connectivity index (χ3n) is 4.04. The van der Waals surface area contributed by atoms with E-state index < -0.39 is 18.4 Å². The smallest absolute Gasteiger partial charge is 0.355 e. The second kappa shape index (κ2) is 8.39. The Morgan fingerprint density at radius 3 is 2.34 bits per heavy atom. The number of anilines is 2. The van der Waals surface area contributed by atoms with E-state index in [0.717, 1.165) is 10.9 Å². The van der Waals surface area contributed by atoms with Gasteiger partial charge >= 0.3 is 5.97 Å². The zero-order chi connectivity index (χ0) is 21.0. The van der Waals surface area contributed by atoms with Gasteiger partial charge in [0.25, 0.3) is 0 Å². The first-order valence-electron chi connectivity index (χ1n) is 8.81. The first-order valence-corrected chi connectivity index (χ1v) is 8.81. The molecule has 0 saturated carbocycles. The summed E-state index contributed by atoms with van der Waals surface area (Å²) in [5, 5.41) is 5.98. The molecule has 0 aliphatic rings. The number of carbonyl (C=O) groups is 4. The van der Waals surface area contributed by atoms with Crippen molar-refractivity contribution in [3.63, 3.8) is 0 Å². The first kappa shape index (κ1) is 19.8. The lowest BCUT2D eigenvalue weighted by molar-refractivity contribution is -0.115. The Labute approximate surface area is 166 Å². The fourth-order valence-electron chi connectivity index (χ4n) is 2.83. The fourth-order valence-corrected chi connectivity index (χ4v) is 2.83. The number of aromatic nitrogens is 1. The molecule has 0 aliphatic heterocycles. The lowest BCUT2D eigenvalue weighted by Crippen LogP contribution is -2.18. The minimum Gasteiger partial charge on any atom is -0.453 e. The zero-order valence-corrected chi connectivity index (χ0v) is 15.9. The van der Waals surface area contributed by atoms with Crippen LogP contribution < -0.4 is 10.6 Å². The van der Waals surface area contributed by atoms with Crippen molar-refractivity contribution < 1.29 is 23.9 Å². The summed E-state index contributed by atoms with van der Waals surface area (Å²) in [6.45, 7) is 2.15. The number of aromatic amines is 1. The van der Waals surface area contributed by atoms with E-state index in [9.17, 15) is 19.2 Å². The van der Waals surface area contributed by atoms with Crippen molar-refractivity contribution in [1.82, 2.24) is 4.98 Å². The molecule has 2 aromatic carbocycles. The number of fused-ring (bicyclic) bond motifs is 1. The molecule has 148 valence electrons. The van der Waals surface area contributed by atoms with Gasteiger partial charge in [-0.1, -0.05) is 18.2 Å². The van der Waals surface area contributed by atoms with E-state index in [1.807, 2.05) is 24.3 Å². The van der Waals surface area contributed by atoms with E-state index in [0.29, 0.717) is 5.69 Å². The molecule has 2 amide bonds. The lowest BCUT2D eigenvalue weighted by atomic mass is 10.1. The highest BCUT2D eigenvalue weighted by molar-refractivity contribution is 6.07. The van der Waals surface area contributed by atoms with Gasteiger partial charge in [-0.3, -0.25) is 14.4 Å². The summed E-state index contributed by atoms with van der Waals surface area (Å²) in [6, 6.07) is 13.5. The van der Waals surface area contributed by atoms with Crippen LogP contribution in [0.25, 0.3) is 10.9 Å². The Kier molecular flexibility index (Phi) is 5.73. The average molecular weight is 393 g/mol. The summed E-state index contributed by atoms with van der Waals surface area (Å²) in [5.74, 6) is -1.82. The fraction of sp³-hybridized carbons (Fsp3) is 0.143. The standard InChI is InChI=1S/C21H19N3O5/c1-12(25)22-15-7-8-16(18(10-15)23-13(2)26)20(27)11-29-21(28)19-9-14-5-3-4-6-17(14)24-19/h3-10,24H,11H2,1-2H3,(H,22,25)(H,23,26). The molecule has 0 fully saturated rings. The van der Waals surface area contributed by atoms with Crippen LogP contribution in [0.3, 0.4) is 0 Å². The molecular formula is C21H19N3O5. The topological polar surface area (TPSA) is 117 Å². The van der Waals surface area contributed by atoms with E-state index in [2.05, 4.69) is 15.6 Å². The number of benzene rings is 2. The number of hydrogen-bond acceptors (Lipinski definition) is 5. The van der Waals surface area contributed by atoms with Crippen LogP contribution >= 0.6 is 0 Å². The van der Waals surface area contributed by atoms with Gasteiger partial charge in [0.15, 0.2) is 6.61 Å². The number of hydrogen-bond donors (Lipinski definition) is 3. The number of carbonyl (C=O) groups excluding carboxylic acids is 4. The summed E-state index contributed by atoms with van der Waals surface area (Å²) >= 11 is 0. The zero-order valence-electron chi connectivity index (χ0n) is 15.9. The van der Waals surface area contributed by atoms with Gasteiger partial charge in [-0.05, 0) is 30.3 Å². The largest absolute Gasteiger partial charge is 0.453 e. The quantitative estimate of drug-likeness (QED) is 0.439.